The Balaban J connectivity index is 1.52. The number of nitrogens with one attached hydrogen (secondary N) is 1. The van der Waals surface area contributed by atoms with Crippen molar-refractivity contribution in [1.29, 1.82) is 0 Å². The van der Waals surface area contributed by atoms with E-state index in [-0.39, 0.29) is 46.1 Å². The van der Waals surface area contributed by atoms with Crippen molar-refractivity contribution in [3.63, 3.8) is 0 Å². The van der Waals surface area contributed by atoms with Gasteiger partial charge in [0.1, 0.15) is 17.2 Å². The van der Waals surface area contributed by atoms with Crippen molar-refractivity contribution in [3.05, 3.63) is 69.6 Å². The molecule has 260 valence electrons. The molecule has 3 aromatic rings. The smallest absolute Gasteiger partial charge is 0.431 e. The van der Waals surface area contributed by atoms with Crippen LogP contribution in [0.3, 0.4) is 0 Å². The number of hydrogen-bond acceptors (Lipinski definition) is 5. The highest BCUT2D eigenvalue weighted by molar-refractivity contribution is 5.99. The van der Waals surface area contributed by atoms with Crippen LogP contribution in [0.1, 0.15) is 29.7 Å². The maximum atomic E-state index is 14.4. The zero-order valence-corrected chi connectivity index (χ0v) is 25.0. The number of pyridine rings is 1. The molecule has 3 heterocycles. The molecular formula is C31H28F9N3O5. The summed E-state index contributed by atoms with van der Waals surface area (Å²) >= 11 is 0. The lowest BCUT2D eigenvalue weighted by atomic mass is 9.76. The molecule has 1 aromatic heterocycles. The van der Waals surface area contributed by atoms with Crippen LogP contribution in [0.2, 0.25) is 0 Å². The van der Waals surface area contributed by atoms with E-state index < -0.39 is 89.1 Å². The van der Waals surface area contributed by atoms with Crippen molar-refractivity contribution in [2.75, 3.05) is 26.3 Å². The lowest BCUT2D eigenvalue weighted by Crippen LogP contribution is -2.61. The molecular weight excluding hydrogens is 665 g/mol. The van der Waals surface area contributed by atoms with Gasteiger partial charge in [-0.3, -0.25) is 14.5 Å². The molecule has 1 amide bonds. The number of fused-ring (bicyclic) bond motifs is 1. The van der Waals surface area contributed by atoms with E-state index in [0.717, 1.165) is 6.07 Å². The normalized spacial score (nSPS) is 18.4. The van der Waals surface area contributed by atoms with Crippen molar-refractivity contribution in [1.82, 2.24) is 14.8 Å². The van der Waals surface area contributed by atoms with E-state index in [4.69, 9.17) is 4.74 Å². The first kappa shape index (κ1) is 35.2. The number of benzene rings is 2. The average Bonchev–Trinajstić information content (AvgIpc) is 2.95. The van der Waals surface area contributed by atoms with Gasteiger partial charge in [-0.05, 0) is 53.9 Å². The van der Waals surface area contributed by atoms with Gasteiger partial charge in [-0.25, -0.2) is 4.79 Å². The lowest BCUT2D eigenvalue weighted by molar-refractivity contribution is -0.236. The second-order valence-corrected chi connectivity index (χ2v) is 11.9. The monoisotopic (exact) mass is 693 g/mol. The second kappa shape index (κ2) is 12.4. The van der Waals surface area contributed by atoms with Crippen LogP contribution in [-0.4, -0.2) is 71.0 Å². The van der Waals surface area contributed by atoms with Gasteiger partial charge in [0.05, 0.1) is 30.4 Å². The molecule has 48 heavy (non-hydrogen) atoms. The fraction of sp³-hybridized carbons (Fsp3) is 0.452. The summed E-state index contributed by atoms with van der Waals surface area (Å²) in [6.07, 6.45) is -17.5. The molecule has 0 bridgehead atoms. The van der Waals surface area contributed by atoms with E-state index in [2.05, 4.69) is 0 Å². The third kappa shape index (κ3) is 6.36. The number of halogens is 9. The first-order valence-corrected chi connectivity index (χ1v) is 14.6. The van der Waals surface area contributed by atoms with Gasteiger partial charge in [0.15, 0.2) is 0 Å². The summed E-state index contributed by atoms with van der Waals surface area (Å²) in [6, 6.07) is 5.35. The maximum Gasteiger partial charge on any atom is 0.431 e. The SMILES string of the molecule is Cn1c(C(F)(F)F)cc(C(F)(F)F)c(-c2cccc3c(C[C@H](NC(=O)C4(C(F)(F)F)CCN(C5COC5)CC4)C(=O)O)cccc23)c1=O. The van der Waals surface area contributed by atoms with Gasteiger partial charge in [-0.15, -0.1) is 0 Å². The highest BCUT2D eigenvalue weighted by Crippen LogP contribution is 2.47. The van der Waals surface area contributed by atoms with Gasteiger partial charge >= 0.3 is 24.5 Å². The number of likely N-dealkylation sites (tertiary alicyclic amines) is 1. The Hall–Kier alpha value is -4.12. The van der Waals surface area contributed by atoms with E-state index in [9.17, 15) is 59.0 Å². The summed E-state index contributed by atoms with van der Waals surface area (Å²) in [7, 11) is 0.671. The number of carboxylic acids is 1. The molecule has 2 aromatic carbocycles. The standard InChI is InChI=1S/C31H28F9N3O5/c1-42-23(30(35,36)37)13-21(29(32,33)34)24(25(42)44)20-7-3-5-18-16(4-2-6-19(18)20)12-22(26(45)46)41-27(47)28(31(38,39)40)8-10-43(11-9-28)17-14-48-15-17/h2-7,13,17,22H,8-12,14-15H2,1H3,(H,41,47)(H,45,46)/t22-/m0/s1. The molecule has 2 fully saturated rings. The fourth-order valence-electron chi connectivity index (χ4n) is 6.29. The Morgan fingerprint density at radius 3 is 2.08 bits per heavy atom. The molecule has 1 atom stereocenters. The summed E-state index contributed by atoms with van der Waals surface area (Å²) in [6.45, 7) is 0.552. The number of aromatic nitrogens is 1. The minimum atomic E-state index is -5.39. The van der Waals surface area contributed by atoms with Crippen LogP contribution in [0.15, 0.2) is 47.3 Å². The molecule has 2 saturated heterocycles. The van der Waals surface area contributed by atoms with Crippen LogP contribution >= 0.6 is 0 Å². The summed E-state index contributed by atoms with van der Waals surface area (Å²) in [5.41, 5.74) is -9.57. The number of amides is 1. The Kier molecular flexibility index (Phi) is 9.09. The molecule has 0 radical (unpaired) electrons. The van der Waals surface area contributed by atoms with Crippen molar-refractivity contribution in [2.45, 2.75) is 49.9 Å². The van der Waals surface area contributed by atoms with Gasteiger partial charge in [-0.2, -0.15) is 39.5 Å². The van der Waals surface area contributed by atoms with Crippen molar-refractivity contribution >= 4 is 22.6 Å². The number of aliphatic carboxylic acids is 1. The number of hydrogen-bond donors (Lipinski definition) is 2. The summed E-state index contributed by atoms with van der Waals surface area (Å²) < 4.78 is 131. The topological polar surface area (TPSA) is 101 Å². The van der Waals surface area contributed by atoms with E-state index in [1.807, 2.05) is 5.32 Å². The minimum Gasteiger partial charge on any atom is -0.480 e. The number of ether oxygens (including phenoxy) is 1. The maximum absolute atomic E-state index is 14.4. The number of carbonyl (C=O) groups is 2. The molecule has 0 aliphatic carbocycles. The Bertz CT molecular complexity index is 1790. The molecule has 2 aliphatic heterocycles. The highest BCUT2D eigenvalue weighted by Gasteiger charge is 2.61. The second-order valence-electron chi connectivity index (χ2n) is 11.9. The van der Waals surface area contributed by atoms with Crippen molar-refractivity contribution in [2.24, 2.45) is 12.5 Å². The molecule has 17 heteroatoms. The largest absolute Gasteiger partial charge is 0.480 e. The third-order valence-electron chi connectivity index (χ3n) is 9.10. The predicted octanol–water partition coefficient (Wildman–Crippen LogP) is 5.40. The van der Waals surface area contributed by atoms with Crippen LogP contribution in [0, 0.1) is 5.41 Å². The lowest BCUT2D eigenvalue weighted by Gasteiger charge is -2.46. The molecule has 0 saturated carbocycles. The zero-order chi connectivity index (χ0) is 35.4. The van der Waals surface area contributed by atoms with Gasteiger partial charge < -0.3 is 19.7 Å². The average molecular weight is 694 g/mol. The quantitative estimate of drug-likeness (QED) is 0.322. The van der Waals surface area contributed by atoms with E-state index in [1.165, 1.54) is 30.3 Å². The Labute approximate surface area is 266 Å². The Morgan fingerprint density at radius 1 is 0.958 bits per heavy atom. The van der Waals surface area contributed by atoms with Crippen LogP contribution in [-0.2, 0) is 40.1 Å². The van der Waals surface area contributed by atoms with Crippen molar-refractivity contribution in [3.8, 4) is 11.1 Å². The fourth-order valence-corrected chi connectivity index (χ4v) is 6.29. The highest BCUT2D eigenvalue weighted by atomic mass is 19.4. The molecule has 5 rings (SSSR count). The van der Waals surface area contributed by atoms with Gasteiger partial charge in [0.25, 0.3) is 5.56 Å². The van der Waals surface area contributed by atoms with Crippen LogP contribution in [0.4, 0.5) is 39.5 Å². The Morgan fingerprint density at radius 2 is 1.56 bits per heavy atom. The molecule has 0 unspecified atom stereocenters. The molecule has 8 nitrogen and oxygen atoms in total. The van der Waals surface area contributed by atoms with E-state index in [1.54, 1.807) is 4.90 Å². The van der Waals surface area contributed by atoms with E-state index >= 15 is 0 Å². The molecule has 2 aliphatic rings. The molecule has 2 N–H and O–H groups in total. The summed E-state index contributed by atoms with van der Waals surface area (Å²) in [5, 5.41) is 11.9. The van der Waals surface area contributed by atoms with Crippen LogP contribution in [0.5, 0.6) is 0 Å². The van der Waals surface area contributed by atoms with Crippen LogP contribution < -0.4 is 10.9 Å². The van der Waals surface area contributed by atoms with Crippen LogP contribution in [0.25, 0.3) is 21.9 Å². The first-order chi connectivity index (χ1) is 22.3. The first-order valence-electron chi connectivity index (χ1n) is 14.6. The minimum absolute atomic E-state index is 0.0458. The van der Waals surface area contributed by atoms with Gasteiger partial charge in [0, 0.05) is 13.5 Å². The predicted molar refractivity (Wildman–Crippen MR) is 152 cm³/mol. The zero-order valence-electron chi connectivity index (χ0n) is 25.0. The van der Waals surface area contributed by atoms with E-state index in [0.29, 0.717) is 20.3 Å². The number of piperidine rings is 1. The van der Waals surface area contributed by atoms with Gasteiger partial charge in [-0.1, -0.05) is 36.4 Å². The third-order valence-corrected chi connectivity index (χ3v) is 9.10. The van der Waals surface area contributed by atoms with Crippen molar-refractivity contribution < 1.29 is 58.9 Å². The number of carbonyl (C=O) groups excluding carboxylic acids is 1. The summed E-state index contributed by atoms with van der Waals surface area (Å²) in [4.78, 5) is 40.4. The molecule has 0 spiro atoms. The summed E-state index contributed by atoms with van der Waals surface area (Å²) in [5.74, 6) is -3.22. The number of carboxylic acid groups (broad SMARTS) is 1. The number of nitrogens with zero attached hydrogens (tertiary/aromatic N) is 2. The van der Waals surface area contributed by atoms with Gasteiger partial charge in [0.2, 0.25) is 5.91 Å². The number of rotatable bonds is 7. The number of alkyl halides is 9.